The summed E-state index contributed by atoms with van der Waals surface area (Å²) in [4.78, 5) is 27.0. The fourth-order valence-corrected chi connectivity index (χ4v) is 2.57. The van der Waals surface area contributed by atoms with E-state index < -0.39 is 0 Å². The molecule has 0 saturated heterocycles. The Morgan fingerprint density at radius 2 is 1.78 bits per heavy atom. The van der Waals surface area contributed by atoms with E-state index in [4.69, 9.17) is 0 Å². The molecule has 1 aromatic heterocycles. The van der Waals surface area contributed by atoms with Crippen molar-refractivity contribution in [2.45, 2.75) is 12.8 Å². The van der Waals surface area contributed by atoms with Crippen molar-refractivity contribution in [1.82, 2.24) is 10.3 Å². The topological polar surface area (TPSA) is 62.0 Å². The number of aromatic nitrogens is 1. The Labute approximate surface area is 134 Å². The number of nitrogens with one attached hydrogen (secondary N) is 2. The number of hydrogen-bond acceptors (Lipinski definition) is 2. The van der Waals surface area contributed by atoms with E-state index in [1.807, 2.05) is 42.5 Å². The lowest BCUT2D eigenvalue weighted by atomic mass is 10.0. The van der Waals surface area contributed by atoms with Crippen molar-refractivity contribution in [3.63, 3.8) is 0 Å². The molecule has 1 amide bonds. The maximum atomic E-state index is 12.3. The molecular formula is C19H18N2O2. The van der Waals surface area contributed by atoms with Crippen molar-refractivity contribution in [2.24, 2.45) is 0 Å². The van der Waals surface area contributed by atoms with Gasteiger partial charge in [0, 0.05) is 11.9 Å². The quantitative estimate of drug-likeness (QED) is 0.778. The van der Waals surface area contributed by atoms with E-state index in [2.05, 4.69) is 17.2 Å². The molecule has 0 spiro atoms. The van der Waals surface area contributed by atoms with Crippen molar-refractivity contribution in [3.8, 4) is 0 Å². The van der Waals surface area contributed by atoms with Crippen LogP contribution in [0, 0.1) is 0 Å². The molecule has 0 aliphatic carbocycles. The Morgan fingerprint density at radius 3 is 2.57 bits per heavy atom. The van der Waals surface area contributed by atoms with Crippen LogP contribution in [0.4, 0.5) is 0 Å². The first-order valence-electron chi connectivity index (χ1n) is 7.60. The predicted octanol–water partition coefficient (Wildman–Crippen LogP) is 3.06. The van der Waals surface area contributed by atoms with Crippen molar-refractivity contribution in [2.75, 3.05) is 6.54 Å². The number of fused-ring (bicyclic) bond motifs is 1. The second-order valence-electron chi connectivity index (χ2n) is 5.62. The van der Waals surface area contributed by atoms with Gasteiger partial charge < -0.3 is 10.3 Å². The van der Waals surface area contributed by atoms with Gasteiger partial charge in [-0.15, -0.1) is 0 Å². The van der Waals surface area contributed by atoms with Gasteiger partial charge in [0.05, 0.1) is 0 Å². The van der Waals surface area contributed by atoms with Crippen LogP contribution in [-0.2, 0) is 0 Å². The van der Waals surface area contributed by atoms with Crippen molar-refractivity contribution >= 4 is 16.7 Å². The molecule has 0 saturated carbocycles. The lowest BCUT2D eigenvalue weighted by Gasteiger charge is -2.13. The Kier molecular flexibility index (Phi) is 4.24. The van der Waals surface area contributed by atoms with Crippen LogP contribution in [-0.4, -0.2) is 17.4 Å². The number of pyridine rings is 1. The van der Waals surface area contributed by atoms with Gasteiger partial charge in [0.15, 0.2) is 0 Å². The number of carbonyl (C=O) groups is 1. The first kappa shape index (κ1) is 15.0. The molecule has 3 aromatic rings. The van der Waals surface area contributed by atoms with E-state index >= 15 is 0 Å². The lowest BCUT2D eigenvalue weighted by Crippen LogP contribution is -2.29. The summed E-state index contributed by atoms with van der Waals surface area (Å²) in [7, 11) is 0. The number of benzene rings is 2. The maximum Gasteiger partial charge on any atom is 0.267 e. The van der Waals surface area contributed by atoms with Gasteiger partial charge in [-0.2, -0.15) is 0 Å². The molecule has 116 valence electrons. The molecule has 23 heavy (non-hydrogen) atoms. The van der Waals surface area contributed by atoms with Gasteiger partial charge in [0.25, 0.3) is 11.5 Å². The number of H-pyrrole nitrogens is 1. The van der Waals surface area contributed by atoms with Crippen molar-refractivity contribution in [3.05, 3.63) is 82.3 Å². The minimum Gasteiger partial charge on any atom is -0.350 e. The van der Waals surface area contributed by atoms with Crippen LogP contribution >= 0.6 is 0 Å². The average molecular weight is 306 g/mol. The smallest absolute Gasteiger partial charge is 0.267 e. The van der Waals surface area contributed by atoms with Gasteiger partial charge in [0.2, 0.25) is 0 Å². The van der Waals surface area contributed by atoms with Gasteiger partial charge >= 0.3 is 0 Å². The Balaban J connectivity index is 1.75. The lowest BCUT2D eigenvalue weighted by molar-refractivity contribution is 0.0946. The normalized spacial score (nSPS) is 12.0. The van der Waals surface area contributed by atoms with Gasteiger partial charge in [0.1, 0.15) is 5.69 Å². The second-order valence-corrected chi connectivity index (χ2v) is 5.62. The minimum atomic E-state index is -0.268. The number of carbonyl (C=O) groups excluding carboxylic acids is 1. The molecule has 0 radical (unpaired) electrons. The number of aromatic amines is 1. The van der Waals surface area contributed by atoms with Crippen LogP contribution in [0.15, 0.2) is 65.5 Å². The third-order valence-electron chi connectivity index (χ3n) is 3.94. The summed E-state index contributed by atoms with van der Waals surface area (Å²) in [6.45, 7) is 2.57. The molecule has 0 aliphatic heterocycles. The van der Waals surface area contributed by atoms with Crippen LogP contribution in [0.5, 0.6) is 0 Å². The van der Waals surface area contributed by atoms with E-state index in [1.54, 1.807) is 18.2 Å². The van der Waals surface area contributed by atoms with E-state index in [1.165, 1.54) is 5.56 Å². The summed E-state index contributed by atoms with van der Waals surface area (Å²) in [6, 6.07) is 18.9. The molecule has 0 fully saturated rings. The minimum absolute atomic E-state index is 0.201. The molecule has 2 N–H and O–H groups in total. The highest BCUT2D eigenvalue weighted by molar-refractivity contribution is 5.96. The zero-order chi connectivity index (χ0) is 16.2. The van der Waals surface area contributed by atoms with E-state index in [-0.39, 0.29) is 23.1 Å². The monoisotopic (exact) mass is 306 g/mol. The Morgan fingerprint density at radius 1 is 1.09 bits per heavy atom. The predicted molar refractivity (Wildman–Crippen MR) is 91.8 cm³/mol. The summed E-state index contributed by atoms with van der Waals surface area (Å²) in [5, 5.41) is 4.23. The van der Waals surface area contributed by atoms with Crippen LogP contribution < -0.4 is 10.9 Å². The summed E-state index contributed by atoms with van der Waals surface area (Å²) in [6.07, 6.45) is 0. The first-order chi connectivity index (χ1) is 11.1. The highest BCUT2D eigenvalue weighted by Gasteiger charge is 2.11. The maximum absolute atomic E-state index is 12.3. The highest BCUT2D eigenvalue weighted by atomic mass is 16.2. The van der Waals surface area contributed by atoms with Gasteiger partial charge in [-0.1, -0.05) is 55.5 Å². The molecule has 0 bridgehead atoms. The summed E-state index contributed by atoms with van der Waals surface area (Å²) < 4.78 is 0. The largest absolute Gasteiger partial charge is 0.350 e. The van der Waals surface area contributed by atoms with Crippen molar-refractivity contribution < 1.29 is 4.79 Å². The third-order valence-corrected chi connectivity index (χ3v) is 3.94. The third kappa shape index (κ3) is 3.31. The van der Waals surface area contributed by atoms with E-state index in [0.29, 0.717) is 11.9 Å². The first-order valence-corrected chi connectivity index (χ1v) is 7.60. The molecule has 1 heterocycles. The van der Waals surface area contributed by atoms with E-state index in [9.17, 15) is 9.59 Å². The Hall–Kier alpha value is -2.88. The van der Waals surface area contributed by atoms with Crippen LogP contribution in [0.1, 0.15) is 28.9 Å². The molecule has 1 unspecified atom stereocenters. The SMILES string of the molecule is CC(CNC(=O)c1cc2ccccc2c(=O)[nH]1)c1ccccc1. The molecule has 1 atom stereocenters. The zero-order valence-electron chi connectivity index (χ0n) is 12.9. The number of hydrogen-bond donors (Lipinski definition) is 2. The highest BCUT2D eigenvalue weighted by Crippen LogP contribution is 2.14. The average Bonchev–Trinajstić information content (AvgIpc) is 2.60. The number of amides is 1. The van der Waals surface area contributed by atoms with E-state index in [0.717, 1.165) is 5.39 Å². The van der Waals surface area contributed by atoms with Gasteiger partial charge in [-0.3, -0.25) is 9.59 Å². The van der Waals surface area contributed by atoms with Gasteiger partial charge in [-0.25, -0.2) is 0 Å². The summed E-state index contributed by atoms with van der Waals surface area (Å²) in [5.41, 5.74) is 1.21. The molecule has 3 rings (SSSR count). The fraction of sp³-hybridized carbons (Fsp3) is 0.158. The van der Waals surface area contributed by atoms with Gasteiger partial charge in [-0.05, 0) is 29.0 Å². The summed E-state index contributed by atoms with van der Waals surface area (Å²) in [5.74, 6) is -0.0667. The molecular weight excluding hydrogens is 288 g/mol. The van der Waals surface area contributed by atoms with Crippen LogP contribution in [0.2, 0.25) is 0 Å². The standard InChI is InChI=1S/C19H18N2O2/c1-13(14-7-3-2-4-8-14)12-20-19(23)17-11-15-9-5-6-10-16(15)18(22)21-17/h2-11,13H,12H2,1H3,(H,20,23)(H,21,22). The molecule has 4 nitrogen and oxygen atoms in total. The van der Waals surface area contributed by atoms with Crippen LogP contribution in [0.3, 0.4) is 0 Å². The van der Waals surface area contributed by atoms with Crippen molar-refractivity contribution in [1.29, 1.82) is 0 Å². The second kappa shape index (κ2) is 6.48. The molecule has 0 aliphatic rings. The summed E-state index contributed by atoms with van der Waals surface area (Å²) >= 11 is 0. The Bertz CT molecular complexity index is 885. The number of rotatable bonds is 4. The molecule has 2 aromatic carbocycles. The van der Waals surface area contributed by atoms with Crippen LogP contribution in [0.25, 0.3) is 10.8 Å². The fourth-order valence-electron chi connectivity index (χ4n) is 2.57. The zero-order valence-corrected chi connectivity index (χ0v) is 12.9. The molecule has 4 heteroatoms.